The number of benzene rings is 1. The van der Waals surface area contributed by atoms with Crippen LogP contribution < -0.4 is 10.1 Å². The van der Waals surface area contributed by atoms with E-state index in [9.17, 15) is 4.79 Å². The molecule has 0 bridgehead atoms. The van der Waals surface area contributed by atoms with Crippen molar-refractivity contribution >= 4 is 11.7 Å². The fourth-order valence-electron chi connectivity index (χ4n) is 3.09. The molecule has 1 N–H and O–H groups in total. The van der Waals surface area contributed by atoms with Gasteiger partial charge in [0, 0.05) is 12.4 Å². The van der Waals surface area contributed by atoms with E-state index in [2.05, 4.69) is 21.4 Å². The largest absolute Gasteiger partial charge is 0.488 e. The molecule has 6 nitrogen and oxygen atoms in total. The van der Waals surface area contributed by atoms with Crippen LogP contribution in [0.5, 0.6) is 5.75 Å². The van der Waals surface area contributed by atoms with Crippen LogP contribution in [-0.2, 0) is 6.42 Å². The Balaban J connectivity index is 1.46. The maximum atomic E-state index is 12.6. The molecule has 1 aliphatic heterocycles. The summed E-state index contributed by atoms with van der Waals surface area (Å²) >= 11 is 0. The minimum atomic E-state index is -0.157. The van der Waals surface area contributed by atoms with Gasteiger partial charge < -0.3 is 10.1 Å². The number of nitrogens with zero attached hydrogens (tertiary/aromatic N) is 3. The summed E-state index contributed by atoms with van der Waals surface area (Å²) in [5.41, 5.74) is 2.42. The van der Waals surface area contributed by atoms with Gasteiger partial charge in [-0.3, -0.25) is 9.20 Å². The number of hydrogen-bond donors (Lipinski definition) is 1. The number of hydrogen-bond acceptors (Lipinski definition) is 4. The molecule has 1 atom stereocenters. The van der Waals surface area contributed by atoms with Gasteiger partial charge in [0.15, 0.2) is 0 Å². The molecule has 6 heteroatoms. The molecule has 1 aliphatic rings. The van der Waals surface area contributed by atoms with E-state index in [0.29, 0.717) is 23.7 Å². The topological polar surface area (TPSA) is 68.5 Å². The lowest BCUT2D eigenvalue weighted by molar-refractivity contribution is 0.0912. The van der Waals surface area contributed by atoms with Crippen LogP contribution in [0.1, 0.15) is 28.2 Å². The number of nitrogens with one attached hydrogen (secondary N) is 1. The van der Waals surface area contributed by atoms with Crippen LogP contribution in [0.3, 0.4) is 0 Å². The van der Waals surface area contributed by atoms with Gasteiger partial charge >= 0.3 is 0 Å². The molecule has 3 heterocycles. The van der Waals surface area contributed by atoms with Gasteiger partial charge in [0.2, 0.25) is 5.78 Å². The van der Waals surface area contributed by atoms with E-state index in [4.69, 9.17) is 4.74 Å². The number of aromatic nitrogens is 3. The van der Waals surface area contributed by atoms with E-state index in [0.717, 1.165) is 18.6 Å². The monoisotopic (exact) mass is 322 g/mol. The van der Waals surface area contributed by atoms with Crippen molar-refractivity contribution in [1.29, 1.82) is 0 Å². The summed E-state index contributed by atoms with van der Waals surface area (Å²) in [4.78, 5) is 21.1. The number of amides is 1. The Bertz CT molecular complexity index is 903. The van der Waals surface area contributed by atoms with E-state index < -0.39 is 0 Å². The SMILES string of the molecule is Cc1nc2ncccn2c1C(=O)NC[C@H]1CCc2ccccc2O1. The number of carbonyl (C=O) groups excluding carboxylic acids is 1. The van der Waals surface area contributed by atoms with E-state index in [1.165, 1.54) is 5.56 Å². The van der Waals surface area contributed by atoms with Crippen LogP contribution >= 0.6 is 0 Å². The van der Waals surface area contributed by atoms with Crippen molar-refractivity contribution in [2.45, 2.75) is 25.9 Å². The summed E-state index contributed by atoms with van der Waals surface area (Å²) in [5.74, 6) is 1.29. The molecular weight excluding hydrogens is 304 g/mol. The zero-order valence-corrected chi connectivity index (χ0v) is 13.4. The molecule has 1 aromatic carbocycles. The second-order valence-corrected chi connectivity index (χ2v) is 5.93. The smallest absolute Gasteiger partial charge is 0.270 e. The van der Waals surface area contributed by atoms with Crippen LogP contribution in [0, 0.1) is 6.92 Å². The Morgan fingerprint density at radius 3 is 3.17 bits per heavy atom. The highest BCUT2D eigenvalue weighted by Gasteiger charge is 2.22. The van der Waals surface area contributed by atoms with Crippen LogP contribution in [0.2, 0.25) is 0 Å². The molecule has 0 unspecified atom stereocenters. The Morgan fingerprint density at radius 2 is 2.25 bits per heavy atom. The van der Waals surface area contributed by atoms with Gasteiger partial charge in [0.1, 0.15) is 17.5 Å². The molecule has 0 spiro atoms. The van der Waals surface area contributed by atoms with Crippen LogP contribution in [0.15, 0.2) is 42.7 Å². The Kier molecular flexibility index (Phi) is 3.65. The molecule has 0 radical (unpaired) electrons. The van der Waals surface area contributed by atoms with Crippen LogP contribution in [0.4, 0.5) is 0 Å². The highest BCUT2D eigenvalue weighted by molar-refractivity contribution is 5.94. The third kappa shape index (κ3) is 2.60. The third-order valence-corrected chi connectivity index (χ3v) is 4.29. The lowest BCUT2D eigenvalue weighted by atomic mass is 10.0. The van der Waals surface area contributed by atoms with Gasteiger partial charge in [0.25, 0.3) is 5.91 Å². The van der Waals surface area contributed by atoms with Crippen molar-refractivity contribution in [2.75, 3.05) is 6.54 Å². The number of aryl methyl sites for hydroxylation is 2. The first-order valence-corrected chi connectivity index (χ1v) is 8.05. The van der Waals surface area contributed by atoms with Crippen LogP contribution in [-0.4, -0.2) is 32.9 Å². The summed E-state index contributed by atoms with van der Waals surface area (Å²) in [5, 5.41) is 2.97. The van der Waals surface area contributed by atoms with Crippen molar-refractivity contribution < 1.29 is 9.53 Å². The van der Waals surface area contributed by atoms with E-state index in [1.807, 2.05) is 25.1 Å². The zero-order chi connectivity index (χ0) is 16.5. The standard InChI is InChI=1S/C18H18N4O2/c1-12-16(22-10-4-9-19-18(22)21-12)17(23)20-11-14-8-7-13-5-2-3-6-15(13)24-14/h2-6,9-10,14H,7-8,11H2,1H3,(H,20,23)/t14-/m1/s1. The molecule has 24 heavy (non-hydrogen) atoms. The molecule has 3 aromatic rings. The Hall–Kier alpha value is -2.89. The Labute approximate surface area is 139 Å². The lowest BCUT2D eigenvalue weighted by Gasteiger charge is -2.26. The van der Waals surface area contributed by atoms with E-state index in [1.54, 1.807) is 22.9 Å². The summed E-state index contributed by atoms with van der Waals surface area (Å²) in [7, 11) is 0. The first kappa shape index (κ1) is 14.7. The summed E-state index contributed by atoms with van der Waals surface area (Å²) in [6.45, 7) is 2.29. The minimum absolute atomic E-state index is 0.0125. The number of fused-ring (bicyclic) bond motifs is 2. The predicted octanol–water partition coefficient (Wildman–Crippen LogP) is 2.16. The summed E-state index contributed by atoms with van der Waals surface area (Å²) in [6, 6.07) is 9.83. The first-order valence-electron chi connectivity index (χ1n) is 8.05. The molecule has 0 aliphatic carbocycles. The molecule has 1 amide bonds. The summed E-state index contributed by atoms with van der Waals surface area (Å²) < 4.78 is 7.68. The minimum Gasteiger partial charge on any atom is -0.488 e. The van der Waals surface area contributed by atoms with Gasteiger partial charge in [0.05, 0.1) is 12.2 Å². The quantitative estimate of drug-likeness (QED) is 0.802. The molecule has 0 saturated heterocycles. The molecule has 0 fully saturated rings. The molecular formula is C18H18N4O2. The van der Waals surface area contributed by atoms with E-state index in [-0.39, 0.29) is 12.0 Å². The van der Waals surface area contributed by atoms with Crippen molar-refractivity contribution in [3.8, 4) is 5.75 Å². The maximum absolute atomic E-state index is 12.6. The van der Waals surface area contributed by atoms with Crippen molar-refractivity contribution in [1.82, 2.24) is 19.7 Å². The lowest BCUT2D eigenvalue weighted by Crippen LogP contribution is -2.37. The second-order valence-electron chi connectivity index (χ2n) is 5.93. The fraction of sp³-hybridized carbons (Fsp3) is 0.278. The average molecular weight is 322 g/mol. The summed E-state index contributed by atoms with van der Waals surface area (Å²) in [6.07, 6.45) is 5.31. The van der Waals surface area contributed by atoms with Gasteiger partial charge in [-0.1, -0.05) is 18.2 Å². The second kappa shape index (κ2) is 5.96. The normalized spacial score (nSPS) is 16.5. The Morgan fingerprint density at radius 1 is 1.38 bits per heavy atom. The van der Waals surface area contributed by atoms with E-state index >= 15 is 0 Å². The van der Waals surface area contributed by atoms with Crippen LogP contribution in [0.25, 0.3) is 5.78 Å². The fourth-order valence-corrected chi connectivity index (χ4v) is 3.09. The third-order valence-electron chi connectivity index (χ3n) is 4.29. The van der Waals surface area contributed by atoms with Gasteiger partial charge in [-0.25, -0.2) is 9.97 Å². The van der Waals surface area contributed by atoms with Gasteiger partial charge in [-0.2, -0.15) is 0 Å². The van der Waals surface area contributed by atoms with Crippen molar-refractivity contribution in [2.24, 2.45) is 0 Å². The maximum Gasteiger partial charge on any atom is 0.270 e. The van der Waals surface area contributed by atoms with Gasteiger partial charge in [-0.15, -0.1) is 0 Å². The molecule has 122 valence electrons. The first-order chi connectivity index (χ1) is 11.7. The van der Waals surface area contributed by atoms with Crippen molar-refractivity contribution in [3.63, 3.8) is 0 Å². The molecule has 2 aromatic heterocycles. The number of para-hydroxylation sites is 1. The zero-order valence-electron chi connectivity index (χ0n) is 13.4. The van der Waals surface area contributed by atoms with Gasteiger partial charge in [-0.05, 0) is 37.5 Å². The molecule has 4 rings (SSSR count). The number of carbonyl (C=O) groups is 1. The molecule has 0 saturated carbocycles. The number of rotatable bonds is 3. The predicted molar refractivity (Wildman–Crippen MR) is 89.2 cm³/mol. The number of ether oxygens (including phenoxy) is 1. The highest BCUT2D eigenvalue weighted by atomic mass is 16.5. The number of imidazole rings is 1. The highest BCUT2D eigenvalue weighted by Crippen LogP contribution is 2.26. The average Bonchev–Trinajstić information content (AvgIpc) is 2.95. The van der Waals surface area contributed by atoms with Crippen molar-refractivity contribution in [3.05, 3.63) is 59.7 Å².